The van der Waals surface area contributed by atoms with Gasteiger partial charge in [-0.15, -0.1) is 0 Å². The molecule has 108 valence electrons. The summed E-state index contributed by atoms with van der Waals surface area (Å²) in [6.45, 7) is 0.937. The number of fused-ring (bicyclic) bond motifs is 1. The van der Waals surface area contributed by atoms with Crippen LogP contribution in [0.1, 0.15) is 24.8 Å². The number of amides is 1. The second-order valence-electron chi connectivity index (χ2n) is 5.94. The number of anilines is 1. The minimum absolute atomic E-state index is 0.0739. The van der Waals surface area contributed by atoms with Crippen molar-refractivity contribution in [1.29, 1.82) is 0 Å². The number of carbonyl (C=O) groups excluding carboxylic acids is 1. The Labute approximate surface area is 119 Å². The molecule has 0 saturated heterocycles. The zero-order chi connectivity index (χ0) is 13.9. The first-order valence-corrected chi connectivity index (χ1v) is 7.51. The molecule has 0 bridgehead atoms. The van der Waals surface area contributed by atoms with Crippen LogP contribution in [0, 0.1) is 11.8 Å². The number of para-hydroxylation sites is 1. The van der Waals surface area contributed by atoms with Crippen molar-refractivity contribution < 1.29 is 9.90 Å². The topological polar surface area (TPSA) is 61.4 Å². The van der Waals surface area contributed by atoms with Gasteiger partial charge >= 0.3 is 0 Å². The van der Waals surface area contributed by atoms with E-state index in [-0.39, 0.29) is 18.6 Å². The number of aliphatic hydroxyl groups excluding tert-OH is 1. The zero-order valence-electron chi connectivity index (χ0n) is 11.6. The van der Waals surface area contributed by atoms with Gasteiger partial charge in [0, 0.05) is 25.3 Å². The monoisotopic (exact) mass is 274 g/mol. The molecule has 2 unspecified atom stereocenters. The number of hydrogen-bond acceptors (Lipinski definition) is 3. The Hall–Kier alpha value is -1.55. The molecule has 3 rings (SSSR count). The van der Waals surface area contributed by atoms with Gasteiger partial charge in [0.05, 0.1) is 0 Å². The van der Waals surface area contributed by atoms with Gasteiger partial charge < -0.3 is 15.7 Å². The van der Waals surface area contributed by atoms with Crippen molar-refractivity contribution in [3.63, 3.8) is 0 Å². The summed E-state index contributed by atoms with van der Waals surface area (Å²) in [7, 11) is 0. The molecule has 1 aliphatic heterocycles. The lowest BCUT2D eigenvalue weighted by Gasteiger charge is -2.19. The molecule has 1 aliphatic carbocycles. The summed E-state index contributed by atoms with van der Waals surface area (Å²) in [5.74, 6) is 0.876. The highest BCUT2D eigenvalue weighted by atomic mass is 16.3. The zero-order valence-corrected chi connectivity index (χ0v) is 11.6. The van der Waals surface area contributed by atoms with E-state index in [1.807, 2.05) is 18.2 Å². The second kappa shape index (κ2) is 5.83. The van der Waals surface area contributed by atoms with E-state index in [1.54, 1.807) is 0 Å². The number of nitrogens with one attached hydrogen (secondary N) is 2. The van der Waals surface area contributed by atoms with E-state index in [0.717, 1.165) is 24.9 Å². The highest BCUT2D eigenvalue weighted by Gasteiger charge is 2.29. The lowest BCUT2D eigenvalue weighted by molar-refractivity contribution is -0.122. The molecule has 4 nitrogen and oxygen atoms in total. The van der Waals surface area contributed by atoms with Gasteiger partial charge in [0.25, 0.3) is 0 Å². The van der Waals surface area contributed by atoms with Crippen LogP contribution in [0.15, 0.2) is 24.3 Å². The van der Waals surface area contributed by atoms with Crippen LogP contribution < -0.4 is 10.6 Å². The molecule has 20 heavy (non-hydrogen) atoms. The summed E-state index contributed by atoms with van der Waals surface area (Å²) >= 11 is 0. The van der Waals surface area contributed by atoms with Gasteiger partial charge in [-0.2, -0.15) is 0 Å². The van der Waals surface area contributed by atoms with Crippen molar-refractivity contribution in [1.82, 2.24) is 5.32 Å². The molecule has 1 aromatic rings. The quantitative estimate of drug-likeness (QED) is 0.780. The molecule has 4 heteroatoms. The Kier molecular flexibility index (Phi) is 3.92. The fourth-order valence-corrected chi connectivity index (χ4v) is 3.43. The summed E-state index contributed by atoms with van der Waals surface area (Å²) in [6, 6.07) is 7.92. The maximum absolute atomic E-state index is 12.2. The molecule has 1 aromatic carbocycles. The summed E-state index contributed by atoms with van der Waals surface area (Å²) in [4.78, 5) is 12.2. The van der Waals surface area contributed by atoms with E-state index in [0.29, 0.717) is 18.4 Å². The normalized spacial score (nSPS) is 27.9. The molecule has 3 N–H and O–H groups in total. The Bertz CT molecular complexity index is 464. The fraction of sp³-hybridized carbons (Fsp3) is 0.562. The van der Waals surface area contributed by atoms with Gasteiger partial charge in [-0.25, -0.2) is 0 Å². The first-order chi connectivity index (χ1) is 9.78. The molecular weight excluding hydrogens is 252 g/mol. The van der Waals surface area contributed by atoms with Crippen LogP contribution in [0.3, 0.4) is 0 Å². The Morgan fingerprint density at radius 3 is 2.90 bits per heavy atom. The Morgan fingerprint density at radius 1 is 1.30 bits per heavy atom. The van der Waals surface area contributed by atoms with E-state index < -0.39 is 0 Å². The Morgan fingerprint density at radius 2 is 2.10 bits per heavy atom. The molecule has 1 amide bonds. The minimum atomic E-state index is -0.152. The van der Waals surface area contributed by atoms with Crippen LogP contribution in [-0.4, -0.2) is 30.2 Å². The smallest absolute Gasteiger partial charge is 0.242 e. The molecule has 1 heterocycles. The highest BCUT2D eigenvalue weighted by Crippen LogP contribution is 2.31. The molecular formula is C16H22N2O2. The number of rotatable bonds is 4. The van der Waals surface area contributed by atoms with Gasteiger partial charge in [-0.1, -0.05) is 24.6 Å². The van der Waals surface area contributed by atoms with Gasteiger partial charge in [-0.05, 0) is 36.3 Å². The lowest BCUT2D eigenvalue weighted by atomic mass is 9.97. The minimum Gasteiger partial charge on any atom is -0.396 e. The van der Waals surface area contributed by atoms with Crippen molar-refractivity contribution in [3.8, 4) is 0 Å². The van der Waals surface area contributed by atoms with Gasteiger partial charge in [0.1, 0.15) is 6.04 Å². The van der Waals surface area contributed by atoms with E-state index in [4.69, 9.17) is 0 Å². The third-order valence-corrected chi connectivity index (χ3v) is 4.68. The van der Waals surface area contributed by atoms with Gasteiger partial charge in [-0.3, -0.25) is 4.79 Å². The highest BCUT2D eigenvalue weighted by molar-refractivity contribution is 5.87. The third-order valence-electron chi connectivity index (χ3n) is 4.68. The SMILES string of the molecule is O=C(NCC1CCCC1CO)[C@@H]1Cc2ccccc2N1. The van der Waals surface area contributed by atoms with Gasteiger partial charge in [0.2, 0.25) is 5.91 Å². The van der Waals surface area contributed by atoms with Crippen molar-refractivity contribution >= 4 is 11.6 Å². The first-order valence-electron chi connectivity index (χ1n) is 7.51. The second-order valence-corrected chi connectivity index (χ2v) is 5.94. The molecule has 1 fully saturated rings. The average Bonchev–Trinajstić information content (AvgIpc) is 3.10. The third kappa shape index (κ3) is 2.66. The van der Waals surface area contributed by atoms with Crippen molar-refractivity contribution in [2.75, 3.05) is 18.5 Å². The van der Waals surface area contributed by atoms with Crippen LogP contribution in [0.5, 0.6) is 0 Å². The molecule has 0 spiro atoms. The van der Waals surface area contributed by atoms with Crippen molar-refractivity contribution in [2.45, 2.75) is 31.7 Å². The molecule has 0 radical (unpaired) electrons. The maximum atomic E-state index is 12.2. The number of aliphatic hydroxyl groups is 1. The van der Waals surface area contributed by atoms with Crippen molar-refractivity contribution in [2.24, 2.45) is 11.8 Å². The van der Waals surface area contributed by atoms with E-state index in [9.17, 15) is 9.90 Å². The molecule has 0 aromatic heterocycles. The van der Waals surface area contributed by atoms with Crippen LogP contribution >= 0.6 is 0 Å². The number of hydrogen-bond donors (Lipinski definition) is 3. The van der Waals surface area contributed by atoms with Crippen molar-refractivity contribution in [3.05, 3.63) is 29.8 Å². The standard InChI is InChI=1S/C16H22N2O2/c19-10-13-6-3-5-12(13)9-17-16(20)15-8-11-4-1-2-7-14(11)18-15/h1-2,4,7,12-13,15,18-19H,3,5-6,8-10H2,(H,17,20)/t12?,13?,15-/m0/s1. The van der Waals surface area contributed by atoms with E-state index in [1.165, 1.54) is 12.0 Å². The molecule has 2 aliphatic rings. The van der Waals surface area contributed by atoms with Crippen LogP contribution in [-0.2, 0) is 11.2 Å². The summed E-state index contributed by atoms with van der Waals surface area (Å²) in [5, 5.41) is 15.6. The van der Waals surface area contributed by atoms with E-state index >= 15 is 0 Å². The summed E-state index contributed by atoms with van der Waals surface area (Å²) < 4.78 is 0. The lowest BCUT2D eigenvalue weighted by Crippen LogP contribution is -2.41. The maximum Gasteiger partial charge on any atom is 0.242 e. The number of carbonyl (C=O) groups is 1. The Balaban J connectivity index is 1.51. The fourth-order valence-electron chi connectivity index (χ4n) is 3.43. The summed E-state index contributed by atoms with van der Waals surface area (Å²) in [6.07, 6.45) is 4.13. The predicted octanol–water partition coefficient (Wildman–Crippen LogP) is 1.55. The predicted molar refractivity (Wildman–Crippen MR) is 78.5 cm³/mol. The van der Waals surface area contributed by atoms with Crippen LogP contribution in [0.25, 0.3) is 0 Å². The number of benzene rings is 1. The molecule has 1 saturated carbocycles. The first kappa shape index (κ1) is 13.4. The van der Waals surface area contributed by atoms with Crippen LogP contribution in [0.2, 0.25) is 0 Å². The van der Waals surface area contributed by atoms with Gasteiger partial charge in [0.15, 0.2) is 0 Å². The largest absolute Gasteiger partial charge is 0.396 e. The average molecular weight is 274 g/mol. The van der Waals surface area contributed by atoms with E-state index in [2.05, 4.69) is 16.7 Å². The van der Waals surface area contributed by atoms with Crippen LogP contribution in [0.4, 0.5) is 5.69 Å². The molecule has 3 atom stereocenters. The summed E-state index contributed by atoms with van der Waals surface area (Å²) in [5.41, 5.74) is 2.28.